The molecule has 0 saturated heterocycles. The second kappa shape index (κ2) is 6.88. The Morgan fingerprint density at radius 1 is 1.00 bits per heavy atom. The Hall–Kier alpha value is -1.41. The zero-order valence-electron chi connectivity index (χ0n) is 16.5. The second-order valence-corrected chi connectivity index (χ2v) is 9.77. The van der Waals surface area contributed by atoms with Gasteiger partial charge in [-0.05, 0) is 86.2 Å². The van der Waals surface area contributed by atoms with Gasteiger partial charge < -0.3 is 4.74 Å². The predicted octanol–water partition coefficient (Wildman–Crippen LogP) is 5.57. The summed E-state index contributed by atoms with van der Waals surface area (Å²) in [7, 11) is 0. The van der Waals surface area contributed by atoms with Crippen LogP contribution in [0, 0.1) is 35.0 Å². The molecular weight excluding hydrogens is 332 g/mol. The fourth-order valence-corrected chi connectivity index (χ4v) is 7.02. The fraction of sp³-hybridized carbons (Fsp3) is 0.640. The summed E-state index contributed by atoms with van der Waals surface area (Å²) in [4.78, 5) is 12.4. The van der Waals surface area contributed by atoms with Crippen LogP contribution in [0.2, 0.25) is 0 Å². The van der Waals surface area contributed by atoms with Gasteiger partial charge in [0.2, 0.25) is 0 Å². The highest BCUT2D eigenvalue weighted by molar-refractivity contribution is 5.97. The molecule has 144 valence electrons. The normalized spacial score (nSPS) is 43.1. The van der Waals surface area contributed by atoms with Crippen molar-refractivity contribution in [3.05, 3.63) is 48.0 Å². The topological polar surface area (TPSA) is 26.3 Å². The standard InChI is InChI=1S/C25H32O2/c1-25-14-13-21-20-10-8-19(27-16-17-5-3-2-4-6-17)15-18(20)7-9-22(21)23(25)11-12-24(25)26/h2-6,11-12,18-23H,7-10,13-16H2,1H3/t18-,19+,20+,21-,22-,23+,25+/m1/s1. The molecule has 4 aliphatic carbocycles. The smallest absolute Gasteiger partial charge is 0.161 e. The lowest BCUT2D eigenvalue weighted by molar-refractivity contribution is -0.131. The summed E-state index contributed by atoms with van der Waals surface area (Å²) in [6.07, 6.45) is 13.4. The van der Waals surface area contributed by atoms with Crippen molar-refractivity contribution < 1.29 is 9.53 Å². The van der Waals surface area contributed by atoms with E-state index in [2.05, 4.69) is 43.3 Å². The van der Waals surface area contributed by atoms with Crippen LogP contribution < -0.4 is 0 Å². The third-order valence-corrected chi connectivity index (χ3v) is 8.50. The van der Waals surface area contributed by atoms with Gasteiger partial charge in [0, 0.05) is 5.41 Å². The Morgan fingerprint density at radius 3 is 2.67 bits per heavy atom. The molecule has 0 N–H and O–H groups in total. The Morgan fingerprint density at radius 2 is 1.81 bits per heavy atom. The molecule has 0 aliphatic heterocycles. The van der Waals surface area contributed by atoms with Crippen LogP contribution in [0.4, 0.5) is 0 Å². The summed E-state index contributed by atoms with van der Waals surface area (Å²) in [5.74, 6) is 4.20. The van der Waals surface area contributed by atoms with Crippen LogP contribution in [-0.4, -0.2) is 11.9 Å². The zero-order valence-corrected chi connectivity index (χ0v) is 16.5. The summed E-state index contributed by atoms with van der Waals surface area (Å²) < 4.78 is 6.30. The van der Waals surface area contributed by atoms with Gasteiger partial charge in [0.15, 0.2) is 5.78 Å². The number of hydrogen-bond donors (Lipinski definition) is 0. The van der Waals surface area contributed by atoms with Crippen molar-refractivity contribution in [2.45, 2.75) is 64.6 Å². The molecule has 0 aromatic heterocycles. The molecule has 2 nitrogen and oxygen atoms in total. The quantitative estimate of drug-likeness (QED) is 0.701. The van der Waals surface area contributed by atoms with Gasteiger partial charge in [-0.1, -0.05) is 43.3 Å². The maximum absolute atomic E-state index is 12.4. The number of ether oxygens (including phenoxy) is 1. The van der Waals surface area contributed by atoms with Gasteiger partial charge in [-0.3, -0.25) is 4.79 Å². The van der Waals surface area contributed by atoms with Crippen molar-refractivity contribution in [2.24, 2.45) is 35.0 Å². The summed E-state index contributed by atoms with van der Waals surface area (Å²) in [5, 5.41) is 0. The van der Waals surface area contributed by atoms with Crippen LogP contribution in [0.3, 0.4) is 0 Å². The second-order valence-electron chi connectivity index (χ2n) is 9.77. The van der Waals surface area contributed by atoms with Crippen LogP contribution in [-0.2, 0) is 16.1 Å². The molecule has 4 aliphatic rings. The van der Waals surface area contributed by atoms with E-state index in [0.717, 1.165) is 36.7 Å². The first-order valence-corrected chi connectivity index (χ1v) is 11.0. The maximum atomic E-state index is 12.4. The lowest BCUT2D eigenvalue weighted by Gasteiger charge is -2.54. The Bertz CT molecular complexity index is 723. The van der Waals surface area contributed by atoms with Gasteiger partial charge >= 0.3 is 0 Å². The molecule has 0 spiro atoms. The van der Waals surface area contributed by atoms with Gasteiger partial charge in [0.05, 0.1) is 12.7 Å². The van der Waals surface area contributed by atoms with Crippen LogP contribution >= 0.6 is 0 Å². The molecule has 5 rings (SSSR count). The number of carbonyl (C=O) groups excluding carboxylic acids is 1. The summed E-state index contributed by atoms with van der Waals surface area (Å²) in [6.45, 7) is 2.99. The molecule has 3 saturated carbocycles. The van der Waals surface area contributed by atoms with E-state index in [4.69, 9.17) is 4.74 Å². The van der Waals surface area contributed by atoms with Crippen molar-refractivity contribution in [3.8, 4) is 0 Å². The molecule has 7 atom stereocenters. The first-order valence-electron chi connectivity index (χ1n) is 11.0. The molecule has 0 radical (unpaired) electrons. The Balaban J connectivity index is 1.23. The minimum absolute atomic E-state index is 0.0794. The van der Waals surface area contributed by atoms with E-state index in [9.17, 15) is 4.79 Å². The Labute approximate surface area is 163 Å². The number of hydrogen-bond acceptors (Lipinski definition) is 2. The van der Waals surface area contributed by atoms with Gasteiger partial charge in [0.1, 0.15) is 0 Å². The van der Waals surface area contributed by atoms with Crippen LogP contribution in [0.25, 0.3) is 0 Å². The van der Waals surface area contributed by atoms with Crippen molar-refractivity contribution in [1.82, 2.24) is 0 Å². The molecule has 0 unspecified atom stereocenters. The third-order valence-electron chi connectivity index (χ3n) is 8.50. The van der Waals surface area contributed by atoms with Crippen molar-refractivity contribution in [2.75, 3.05) is 0 Å². The minimum Gasteiger partial charge on any atom is -0.374 e. The molecule has 27 heavy (non-hydrogen) atoms. The number of allylic oxidation sites excluding steroid dienone is 2. The van der Waals surface area contributed by atoms with E-state index in [0.29, 0.717) is 17.8 Å². The average molecular weight is 365 g/mol. The first kappa shape index (κ1) is 17.7. The number of carbonyl (C=O) groups is 1. The lowest BCUT2D eigenvalue weighted by atomic mass is 9.50. The van der Waals surface area contributed by atoms with Crippen LogP contribution in [0.1, 0.15) is 57.4 Å². The average Bonchev–Trinajstić information content (AvgIpc) is 3.01. The molecule has 0 bridgehead atoms. The predicted molar refractivity (Wildman–Crippen MR) is 107 cm³/mol. The SMILES string of the molecule is C[C@]12CC[C@H]3[C@@H](CC[C@@H]4C[C@@H](OCc5ccccc5)CC[C@@H]43)[C@@H]1C=CC2=O. The van der Waals surface area contributed by atoms with E-state index in [1.165, 1.54) is 44.1 Å². The molecule has 2 heteroatoms. The van der Waals surface area contributed by atoms with Crippen molar-refractivity contribution in [1.29, 1.82) is 0 Å². The summed E-state index contributed by atoms with van der Waals surface area (Å²) >= 11 is 0. The van der Waals surface area contributed by atoms with Crippen molar-refractivity contribution >= 4 is 5.78 Å². The van der Waals surface area contributed by atoms with E-state index >= 15 is 0 Å². The Kier molecular flexibility index (Phi) is 4.50. The molecule has 0 amide bonds. The molecule has 0 heterocycles. The molecule has 1 aromatic carbocycles. The zero-order chi connectivity index (χ0) is 18.4. The van der Waals surface area contributed by atoms with Crippen LogP contribution in [0.15, 0.2) is 42.5 Å². The van der Waals surface area contributed by atoms with Gasteiger partial charge in [-0.25, -0.2) is 0 Å². The van der Waals surface area contributed by atoms with Crippen molar-refractivity contribution in [3.63, 3.8) is 0 Å². The summed E-state index contributed by atoms with van der Waals surface area (Å²) in [6, 6.07) is 10.6. The monoisotopic (exact) mass is 364 g/mol. The number of rotatable bonds is 3. The number of fused-ring (bicyclic) bond motifs is 5. The molecular formula is C25H32O2. The maximum Gasteiger partial charge on any atom is 0.161 e. The fourth-order valence-electron chi connectivity index (χ4n) is 7.02. The van der Waals surface area contributed by atoms with Crippen LogP contribution in [0.5, 0.6) is 0 Å². The van der Waals surface area contributed by atoms with Gasteiger partial charge in [-0.2, -0.15) is 0 Å². The highest BCUT2D eigenvalue weighted by Crippen LogP contribution is 2.59. The van der Waals surface area contributed by atoms with E-state index in [1.807, 2.05) is 6.08 Å². The number of benzene rings is 1. The molecule has 3 fully saturated rings. The first-order chi connectivity index (χ1) is 13.1. The summed E-state index contributed by atoms with van der Waals surface area (Å²) in [5.41, 5.74) is 1.21. The largest absolute Gasteiger partial charge is 0.374 e. The van der Waals surface area contributed by atoms with Gasteiger partial charge in [0.25, 0.3) is 0 Å². The number of ketones is 1. The van der Waals surface area contributed by atoms with Gasteiger partial charge in [-0.15, -0.1) is 0 Å². The van der Waals surface area contributed by atoms with E-state index in [-0.39, 0.29) is 5.41 Å². The minimum atomic E-state index is -0.0794. The highest BCUT2D eigenvalue weighted by Gasteiger charge is 2.55. The third kappa shape index (κ3) is 3.01. The van der Waals surface area contributed by atoms with E-state index < -0.39 is 0 Å². The highest BCUT2D eigenvalue weighted by atomic mass is 16.5. The molecule has 1 aromatic rings. The lowest BCUT2D eigenvalue weighted by Crippen LogP contribution is -2.49. The van der Waals surface area contributed by atoms with E-state index in [1.54, 1.807) is 0 Å².